The summed E-state index contributed by atoms with van der Waals surface area (Å²) in [6.45, 7) is 0. The number of isocyanates is 1. The molecular formula is C9H10N2OS. The van der Waals surface area contributed by atoms with Crippen molar-refractivity contribution in [2.24, 2.45) is 4.99 Å². The number of aliphatic imine (C=N–C) groups is 1. The van der Waals surface area contributed by atoms with E-state index in [9.17, 15) is 4.79 Å². The van der Waals surface area contributed by atoms with Crippen molar-refractivity contribution in [3.8, 4) is 0 Å². The number of rotatable bonds is 2. The molecule has 3 nitrogen and oxygen atoms in total. The summed E-state index contributed by atoms with van der Waals surface area (Å²) in [6.07, 6.45) is 6.58. The predicted molar refractivity (Wildman–Crippen MR) is 51.1 cm³/mol. The third kappa shape index (κ3) is 1.85. The fourth-order valence-electron chi connectivity index (χ4n) is 1.74. The minimum Gasteiger partial charge on any atom is -0.221 e. The highest BCUT2D eigenvalue weighted by molar-refractivity contribution is 7.10. The summed E-state index contributed by atoms with van der Waals surface area (Å²) in [5.41, 5.74) is 0. The highest BCUT2D eigenvalue weighted by Gasteiger charge is 2.19. The van der Waals surface area contributed by atoms with Gasteiger partial charge in [-0.2, -0.15) is 0 Å². The molecule has 1 aromatic rings. The van der Waals surface area contributed by atoms with E-state index in [1.807, 2.05) is 5.38 Å². The molecule has 0 radical (unpaired) electrons. The average Bonchev–Trinajstić information content (AvgIpc) is 2.70. The second-order valence-electron chi connectivity index (χ2n) is 3.23. The van der Waals surface area contributed by atoms with E-state index in [-0.39, 0.29) is 0 Å². The first kappa shape index (κ1) is 8.60. The van der Waals surface area contributed by atoms with Crippen LogP contribution in [0.4, 0.5) is 5.82 Å². The Hall–Kier alpha value is -0.990. The largest absolute Gasteiger partial charge is 0.242 e. The Morgan fingerprint density at radius 2 is 2.31 bits per heavy atom. The molecule has 1 aliphatic rings. The van der Waals surface area contributed by atoms with Crippen LogP contribution in [-0.2, 0) is 4.79 Å². The second kappa shape index (κ2) is 3.81. The Balaban J connectivity index is 2.16. The topological polar surface area (TPSA) is 42.3 Å². The van der Waals surface area contributed by atoms with Crippen molar-refractivity contribution in [2.75, 3.05) is 0 Å². The van der Waals surface area contributed by atoms with Gasteiger partial charge >= 0.3 is 0 Å². The van der Waals surface area contributed by atoms with Gasteiger partial charge in [0.05, 0.1) is 5.01 Å². The van der Waals surface area contributed by atoms with E-state index in [0.717, 1.165) is 5.01 Å². The van der Waals surface area contributed by atoms with Gasteiger partial charge in [-0.15, -0.1) is 16.3 Å². The van der Waals surface area contributed by atoms with Crippen molar-refractivity contribution in [2.45, 2.75) is 31.6 Å². The predicted octanol–water partition coefficient (Wildman–Crippen LogP) is 2.77. The first-order valence-corrected chi connectivity index (χ1v) is 5.31. The molecule has 0 aliphatic heterocycles. The smallest absolute Gasteiger partial charge is 0.221 e. The van der Waals surface area contributed by atoms with Gasteiger partial charge in [0.2, 0.25) is 6.08 Å². The molecule has 68 valence electrons. The molecule has 13 heavy (non-hydrogen) atoms. The lowest BCUT2D eigenvalue weighted by Gasteiger charge is -2.01. The zero-order valence-corrected chi connectivity index (χ0v) is 8.01. The fraction of sp³-hybridized carbons (Fsp3) is 0.556. The van der Waals surface area contributed by atoms with E-state index in [2.05, 4.69) is 9.98 Å². The molecule has 0 aromatic carbocycles. The molecule has 0 atom stereocenters. The van der Waals surface area contributed by atoms with Crippen LogP contribution in [0.1, 0.15) is 36.6 Å². The van der Waals surface area contributed by atoms with Crippen LogP contribution in [0, 0.1) is 0 Å². The maximum Gasteiger partial charge on any atom is 0.242 e. The number of hydrogen-bond donors (Lipinski definition) is 0. The Kier molecular flexibility index (Phi) is 2.52. The van der Waals surface area contributed by atoms with Gasteiger partial charge in [-0.3, -0.25) is 0 Å². The molecule has 0 N–H and O–H groups in total. The highest BCUT2D eigenvalue weighted by Crippen LogP contribution is 2.36. The van der Waals surface area contributed by atoms with Gasteiger partial charge in [-0.1, -0.05) is 12.8 Å². The number of hydrogen-bond acceptors (Lipinski definition) is 4. The third-order valence-corrected chi connectivity index (χ3v) is 3.37. The summed E-state index contributed by atoms with van der Waals surface area (Å²) in [5, 5.41) is 2.95. The van der Waals surface area contributed by atoms with Crippen LogP contribution in [0.3, 0.4) is 0 Å². The second-order valence-corrected chi connectivity index (χ2v) is 4.12. The first-order chi connectivity index (χ1) is 6.40. The maximum atomic E-state index is 9.98. The molecule has 1 saturated carbocycles. The van der Waals surface area contributed by atoms with Crippen molar-refractivity contribution in [1.29, 1.82) is 0 Å². The van der Waals surface area contributed by atoms with E-state index in [1.54, 1.807) is 11.3 Å². The molecule has 2 rings (SSSR count). The van der Waals surface area contributed by atoms with Crippen LogP contribution in [0.2, 0.25) is 0 Å². The van der Waals surface area contributed by atoms with Crippen LogP contribution in [0.25, 0.3) is 0 Å². The summed E-state index contributed by atoms with van der Waals surface area (Å²) in [5.74, 6) is 1.13. The van der Waals surface area contributed by atoms with E-state index >= 15 is 0 Å². The summed E-state index contributed by atoms with van der Waals surface area (Å²) >= 11 is 1.60. The minimum atomic E-state index is 0.516. The summed E-state index contributed by atoms with van der Waals surface area (Å²) < 4.78 is 0. The zero-order chi connectivity index (χ0) is 9.10. The maximum absolute atomic E-state index is 9.98. The van der Waals surface area contributed by atoms with Gasteiger partial charge in [-0.25, -0.2) is 9.78 Å². The molecule has 1 fully saturated rings. The minimum absolute atomic E-state index is 0.516. The van der Waals surface area contributed by atoms with Crippen molar-refractivity contribution in [3.05, 3.63) is 10.4 Å². The standard InChI is InChI=1S/C9H10N2OS/c12-6-10-8-5-13-9(11-8)7-3-1-2-4-7/h5,7H,1-4H2. The Morgan fingerprint density at radius 3 is 3.00 bits per heavy atom. The highest BCUT2D eigenvalue weighted by atomic mass is 32.1. The molecule has 0 unspecified atom stereocenters. The van der Waals surface area contributed by atoms with E-state index in [4.69, 9.17) is 0 Å². The lowest BCUT2D eigenvalue weighted by atomic mass is 10.1. The Labute approximate surface area is 80.5 Å². The van der Waals surface area contributed by atoms with Crippen LogP contribution in [0.15, 0.2) is 10.4 Å². The van der Waals surface area contributed by atoms with Gasteiger partial charge in [0, 0.05) is 11.3 Å². The fourth-order valence-corrected chi connectivity index (χ4v) is 2.64. The van der Waals surface area contributed by atoms with Crippen LogP contribution in [-0.4, -0.2) is 11.1 Å². The normalized spacial score (nSPS) is 17.2. The molecule has 0 amide bonds. The Bertz CT molecular complexity index is 335. The average molecular weight is 194 g/mol. The lowest BCUT2D eigenvalue weighted by molar-refractivity contribution is 0.565. The summed E-state index contributed by atoms with van der Waals surface area (Å²) in [4.78, 5) is 17.7. The number of aromatic nitrogens is 1. The summed E-state index contributed by atoms with van der Waals surface area (Å²) in [6, 6.07) is 0. The molecule has 4 heteroatoms. The molecule has 0 bridgehead atoms. The number of carbonyl (C=O) groups excluding carboxylic acids is 1. The Morgan fingerprint density at radius 1 is 1.54 bits per heavy atom. The molecule has 0 saturated heterocycles. The van der Waals surface area contributed by atoms with Crippen LogP contribution >= 0.6 is 11.3 Å². The molecular weight excluding hydrogens is 184 g/mol. The zero-order valence-electron chi connectivity index (χ0n) is 7.19. The van der Waals surface area contributed by atoms with Gasteiger partial charge in [0.1, 0.15) is 0 Å². The van der Waals surface area contributed by atoms with Gasteiger partial charge in [-0.05, 0) is 12.8 Å². The van der Waals surface area contributed by atoms with Gasteiger partial charge in [0.25, 0.3) is 0 Å². The SMILES string of the molecule is O=C=Nc1csc(C2CCCC2)n1. The van der Waals surface area contributed by atoms with E-state index in [0.29, 0.717) is 11.7 Å². The monoisotopic (exact) mass is 194 g/mol. The first-order valence-electron chi connectivity index (χ1n) is 4.43. The molecule has 1 aliphatic carbocycles. The number of thiazole rings is 1. The van der Waals surface area contributed by atoms with Crippen molar-refractivity contribution >= 4 is 23.2 Å². The van der Waals surface area contributed by atoms with Crippen molar-refractivity contribution < 1.29 is 4.79 Å². The van der Waals surface area contributed by atoms with Crippen LogP contribution < -0.4 is 0 Å². The van der Waals surface area contributed by atoms with Crippen molar-refractivity contribution in [1.82, 2.24) is 4.98 Å². The van der Waals surface area contributed by atoms with E-state index in [1.165, 1.54) is 31.8 Å². The lowest BCUT2D eigenvalue weighted by Crippen LogP contribution is -1.89. The van der Waals surface area contributed by atoms with Gasteiger partial charge < -0.3 is 0 Å². The van der Waals surface area contributed by atoms with Crippen molar-refractivity contribution in [3.63, 3.8) is 0 Å². The van der Waals surface area contributed by atoms with E-state index < -0.39 is 0 Å². The van der Waals surface area contributed by atoms with Crippen LogP contribution in [0.5, 0.6) is 0 Å². The molecule has 1 aromatic heterocycles. The van der Waals surface area contributed by atoms with Gasteiger partial charge in [0.15, 0.2) is 5.82 Å². The quantitative estimate of drug-likeness (QED) is 0.536. The number of nitrogens with zero attached hydrogens (tertiary/aromatic N) is 2. The molecule has 0 spiro atoms. The molecule has 1 heterocycles. The summed E-state index contributed by atoms with van der Waals surface area (Å²) in [7, 11) is 0. The third-order valence-electron chi connectivity index (χ3n) is 2.37.